The Labute approximate surface area is 107 Å². The van der Waals surface area contributed by atoms with E-state index in [1.807, 2.05) is 43.7 Å². The molecule has 1 N–H and O–H groups in total. The molecule has 2 aromatic rings. The van der Waals surface area contributed by atoms with Crippen molar-refractivity contribution < 1.29 is 0 Å². The SMILES string of the molecule is Cc1ncccc1NCc1cc(C#N)n(C)c1C. The van der Waals surface area contributed by atoms with Gasteiger partial charge in [-0.3, -0.25) is 4.98 Å². The topological polar surface area (TPSA) is 53.6 Å². The van der Waals surface area contributed by atoms with Crippen molar-refractivity contribution in [3.05, 3.63) is 47.0 Å². The van der Waals surface area contributed by atoms with Crippen LogP contribution in [0.1, 0.15) is 22.6 Å². The second kappa shape index (κ2) is 4.92. The van der Waals surface area contributed by atoms with Gasteiger partial charge in [0.15, 0.2) is 0 Å². The molecule has 0 amide bonds. The van der Waals surface area contributed by atoms with E-state index in [1.54, 1.807) is 6.20 Å². The van der Waals surface area contributed by atoms with Crippen molar-refractivity contribution in [2.45, 2.75) is 20.4 Å². The Morgan fingerprint density at radius 1 is 1.44 bits per heavy atom. The molecule has 0 aliphatic carbocycles. The summed E-state index contributed by atoms with van der Waals surface area (Å²) in [5.41, 5.74) is 4.94. The van der Waals surface area contributed by atoms with E-state index in [9.17, 15) is 0 Å². The molecule has 0 bridgehead atoms. The van der Waals surface area contributed by atoms with Crippen LogP contribution in [0.4, 0.5) is 5.69 Å². The van der Waals surface area contributed by atoms with Crippen LogP contribution in [-0.2, 0) is 13.6 Å². The van der Waals surface area contributed by atoms with Gasteiger partial charge in [-0.25, -0.2) is 0 Å². The summed E-state index contributed by atoms with van der Waals surface area (Å²) in [6.07, 6.45) is 1.78. The predicted molar refractivity (Wildman–Crippen MR) is 71.2 cm³/mol. The van der Waals surface area contributed by atoms with Crippen molar-refractivity contribution in [1.82, 2.24) is 9.55 Å². The lowest BCUT2D eigenvalue weighted by Gasteiger charge is -2.08. The maximum atomic E-state index is 8.98. The summed E-state index contributed by atoms with van der Waals surface area (Å²) in [6, 6.07) is 8.03. The number of nitrogens with zero attached hydrogens (tertiary/aromatic N) is 3. The van der Waals surface area contributed by atoms with E-state index >= 15 is 0 Å². The molecule has 0 saturated carbocycles. The van der Waals surface area contributed by atoms with Gasteiger partial charge in [-0.05, 0) is 37.6 Å². The van der Waals surface area contributed by atoms with Gasteiger partial charge < -0.3 is 9.88 Å². The fourth-order valence-electron chi connectivity index (χ4n) is 1.91. The first-order valence-electron chi connectivity index (χ1n) is 5.84. The molecule has 0 saturated heterocycles. The molecule has 2 aromatic heterocycles. The number of hydrogen-bond acceptors (Lipinski definition) is 3. The molecular weight excluding hydrogens is 224 g/mol. The van der Waals surface area contributed by atoms with E-state index in [2.05, 4.69) is 16.4 Å². The van der Waals surface area contributed by atoms with Crippen LogP contribution in [0.25, 0.3) is 0 Å². The molecule has 0 fully saturated rings. The Morgan fingerprint density at radius 2 is 2.22 bits per heavy atom. The lowest BCUT2D eigenvalue weighted by Crippen LogP contribution is -2.03. The molecule has 4 heteroatoms. The lowest BCUT2D eigenvalue weighted by atomic mass is 10.2. The zero-order valence-electron chi connectivity index (χ0n) is 10.9. The number of nitriles is 1. The Kier molecular flexibility index (Phi) is 3.33. The molecule has 0 spiro atoms. The highest BCUT2D eigenvalue weighted by molar-refractivity contribution is 5.48. The van der Waals surface area contributed by atoms with Gasteiger partial charge in [0.05, 0.1) is 11.4 Å². The largest absolute Gasteiger partial charge is 0.379 e. The molecule has 0 unspecified atom stereocenters. The average molecular weight is 240 g/mol. The maximum Gasteiger partial charge on any atom is 0.120 e. The Balaban J connectivity index is 2.17. The minimum Gasteiger partial charge on any atom is -0.379 e. The normalized spacial score (nSPS) is 10.1. The first-order valence-corrected chi connectivity index (χ1v) is 5.84. The third kappa shape index (κ3) is 2.21. The molecule has 2 heterocycles. The summed E-state index contributed by atoms with van der Waals surface area (Å²) in [4.78, 5) is 4.23. The van der Waals surface area contributed by atoms with Gasteiger partial charge in [0.25, 0.3) is 0 Å². The van der Waals surface area contributed by atoms with Crippen LogP contribution in [0, 0.1) is 25.2 Å². The van der Waals surface area contributed by atoms with Crippen LogP contribution < -0.4 is 5.32 Å². The number of hydrogen-bond donors (Lipinski definition) is 1. The highest BCUT2D eigenvalue weighted by atomic mass is 15.0. The van der Waals surface area contributed by atoms with Crippen molar-refractivity contribution in [1.29, 1.82) is 5.26 Å². The molecule has 0 aliphatic heterocycles. The number of aromatic nitrogens is 2. The van der Waals surface area contributed by atoms with Crippen molar-refractivity contribution in [2.24, 2.45) is 7.05 Å². The van der Waals surface area contributed by atoms with Gasteiger partial charge in [0, 0.05) is 25.5 Å². The molecule has 4 nitrogen and oxygen atoms in total. The van der Waals surface area contributed by atoms with Crippen LogP contribution in [0.15, 0.2) is 24.4 Å². The Hall–Kier alpha value is -2.28. The molecular formula is C14H16N4. The average Bonchev–Trinajstić information content (AvgIpc) is 2.65. The smallest absolute Gasteiger partial charge is 0.120 e. The molecule has 18 heavy (non-hydrogen) atoms. The maximum absolute atomic E-state index is 8.98. The number of aryl methyl sites for hydroxylation is 1. The van der Waals surface area contributed by atoms with Crippen molar-refractivity contribution >= 4 is 5.69 Å². The molecule has 0 radical (unpaired) electrons. The number of nitrogens with one attached hydrogen (secondary N) is 1. The summed E-state index contributed by atoms with van der Waals surface area (Å²) in [7, 11) is 1.91. The Bertz CT molecular complexity index is 605. The summed E-state index contributed by atoms with van der Waals surface area (Å²) in [5.74, 6) is 0. The second-order valence-electron chi connectivity index (χ2n) is 4.30. The van der Waals surface area contributed by atoms with Crippen LogP contribution in [0.2, 0.25) is 0 Å². The third-order valence-corrected chi connectivity index (χ3v) is 3.23. The summed E-state index contributed by atoms with van der Waals surface area (Å²) >= 11 is 0. The number of rotatable bonds is 3. The molecule has 0 atom stereocenters. The minimum absolute atomic E-state index is 0.687. The quantitative estimate of drug-likeness (QED) is 0.896. The molecule has 2 rings (SSSR count). The standard InChI is InChI=1S/C14H16N4/c1-10-14(5-4-6-16-10)17-9-12-7-13(8-15)18(3)11(12)2/h4-7,17H,9H2,1-3H3. The van der Waals surface area contributed by atoms with Gasteiger partial charge in [-0.2, -0.15) is 5.26 Å². The van der Waals surface area contributed by atoms with Gasteiger partial charge in [-0.15, -0.1) is 0 Å². The van der Waals surface area contributed by atoms with E-state index in [0.717, 1.165) is 22.6 Å². The van der Waals surface area contributed by atoms with E-state index in [1.165, 1.54) is 0 Å². The van der Waals surface area contributed by atoms with E-state index < -0.39 is 0 Å². The minimum atomic E-state index is 0.687. The van der Waals surface area contributed by atoms with Crippen molar-refractivity contribution in [3.63, 3.8) is 0 Å². The predicted octanol–water partition coefficient (Wildman–Crippen LogP) is 2.52. The number of pyridine rings is 1. The summed E-state index contributed by atoms with van der Waals surface area (Å²) in [5, 5.41) is 12.3. The van der Waals surface area contributed by atoms with Gasteiger partial charge in [-0.1, -0.05) is 0 Å². The van der Waals surface area contributed by atoms with Crippen molar-refractivity contribution in [3.8, 4) is 6.07 Å². The molecule has 92 valence electrons. The molecule has 0 aliphatic rings. The van der Waals surface area contributed by atoms with Crippen molar-refractivity contribution in [2.75, 3.05) is 5.32 Å². The van der Waals surface area contributed by atoms with Crippen LogP contribution in [0.5, 0.6) is 0 Å². The van der Waals surface area contributed by atoms with Crippen LogP contribution in [0.3, 0.4) is 0 Å². The number of anilines is 1. The summed E-state index contributed by atoms with van der Waals surface area (Å²) in [6.45, 7) is 4.70. The zero-order valence-corrected chi connectivity index (χ0v) is 10.9. The van der Waals surface area contributed by atoms with E-state index in [-0.39, 0.29) is 0 Å². The van der Waals surface area contributed by atoms with Crippen LogP contribution in [-0.4, -0.2) is 9.55 Å². The third-order valence-electron chi connectivity index (χ3n) is 3.23. The van der Waals surface area contributed by atoms with Gasteiger partial charge in [0.1, 0.15) is 11.8 Å². The van der Waals surface area contributed by atoms with E-state index in [4.69, 9.17) is 5.26 Å². The first-order chi connectivity index (χ1) is 8.63. The molecule has 0 aromatic carbocycles. The summed E-state index contributed by atoms with van der Waals surface area (Å²) < 4.78 is 1.91. The van der Waals surface area contributed by atoms with Gasteiger partial charge in [0.2, 0.25) is 0 Å². The zero-order chi connectivity index (χ0) is 13.1. The van der Waals surface area contributed by atoms with E-state index in [0.29, 0.717) is 12.2 Å². The highest BCUT2D eigenvalue weighted by Crippen LogP contribution is 2.17. The highest BCUT2D eigenvalue weighted by Gasteiger charge is 2.08. The Morgan fingerprint density at radius 3 is 2.83 bits per heavy atom. The fourth-order valence-corrected chi connectivity index (χ4v) is 1.91. The second-order valence-corrected chi connectivity index (χ2v) is 4.30. The fraction of sp³-hybridized carbons (Fsp3) is 0.286. The van der Waals surface area contributed by atoms with Crippen LogP contribution >= 0.6 is 0 Å². The first kappa shape index (κ1) is 12.2. The van der Waals surface area contributed by atoms with Gasteiger partial charge >= 0.3 is 0 Å². The monoisotopic (exact) mass is 240 g/mol. The lowest BCUT2D eigenvalue weighted by molar-refractivity contribution is 0.856.